The molecule has 1 fully saturated rings. The summed E-state index contributed by atoms with van der Waals surface area (Å²) in [7, 11) is 1.60. The Kier molecular flexibility index (Phi) is 7.77. The zero-order valence-corrected chi connectivity index (χ0v) is 23.4. The molecule has 0 saturated carbocycles. The summed E-state index contributed by atoms with van der Waals surface area (Å²) in [5, 5.41) is 6.04. The van der Waals surface area contributed by atoms with Crippen LogP contribution in [0.2, 0.25) is 0 Å². The quantitative estimate of drug-likeness (QED) is 0.217. The maximum absolute atomic E-state index is 13.8. The molecule has 1 aliphatic rings. The molecule has 1 amide bonds. The summed E-state index contributed by atoms with van der Waals surface area (Å²) in [5.74, 6) is 0.812. The lowest BCUT2D eigenvalue weighted by Crippen LogP contribution is -2.45. The van der Waals surface area contributed by atoms with Crippen molar-refractivity contribution in [3.63, 3.8) is 0 Å². The Morgan fingerprint density at radius 3 is 2.56 bits per heavy atom. The Morgan fingerprint density at radius 1 is 1.02 bits per heavy atom. The summed E-state index contributed by atoms with van der Waals surface area (Å²) in [4.78, 5) is 34.1. The molecular weight excluding hydrogens is 553 g/mol. The Balaban J connectivity index is 1.26. The molecule has 3 aromatic heterocycles. The SMILES string of the molecule is COc1cccc(Nc2nccc(-c3[nH]c(C4OCC(C)(C(=O)Nc5cccnc5)CO4)nc3-c3ccc(F)cc3)n2)c1. The molecular formula is C31H28FN7O4. The first-order chi connectivity index (χ1) is 20.9. The summed E-state index contributed by atoms with van der Waals surface area (Å²) in [6.45, 7) is 1.95. The van der Waals surface area contributed by atoms with Crippen molar-refractivity contribution in [3.05, 3.63) is 97.0 Å². The topological polar surface area (TPSA) is 136 Å². The van der Waals surface area contributed by atoms with E-state index in [0.29, 0.717) is 45.9 Å². The largest absolute Gasteiger partial charge is 0.497 e. The number of imidazole rings is 1. The monoisotopic (exact) mass is 581 g/mol. The number of aromatic nitrogens is 5. The molecule has 0 unspecified atom stereocenters. The Bertz CT molecular complexity index is 1720. The number of H-pyrrole nitrogens is 1. The molecule has 218 valence electrons. The van der Waals surface area contributed by atoms with E-state index in [9.17, 15) is 9.18 Å². The van der Waals surface area contributed by atoms with Gasteiger partial charge in [-0.1, -0.05) is 6.07 Å². The fourth-order valence-electron chi connectivity index (χ4n) is 4.51. The predicted octanol–water partition coefficient (Wildman–Crippen LogP) is 5.51. The first kappa shape index (κ1) is 27.9. The summed E-state index contributed by atoms with van der Waals surface area (Å²) < 4.78 is 31.1. The molecule has 11 nitrogen and oxygen atoms in total. The number of carbonyl (C=O) groups excluding carboxylic acids is 1. The minimum atomic E-state index is -0.936. The number of methoxy groups -OCH3 is 1. The van der Waals surface area contributed by atoms with E-state index in [0.717, 1.165) is 5.69 Å². The lowest BCUT2D eigenvalue weighted by molar-refractivity contribution is -0.229. The van der Waals surface area contributed by atoms with Gasteiger partial charge in [-0.15, -0.1) is 0 Å². The molecule has 0 atom stereocenters. The Morgan fingerprint density at radius 2 is 1.81 bits per heavy atom. The van der Waals surface area contributed by atoms with Crippen molar-refractivity contribution in [1.82, 2.24) is 24.9 Å². The fraction of sp³-hybridized carbons (Fsp3) is 0.194. The smallest absolute Gasteiger partial charge is 0.235 e. The number of aromatic amines is 1. The van der Waals surface area contributed by atoms with Crippen LogP contribution >= 0.6 is 0 Å². The van der Waals surface area contributed by atoms with E-state index in [1.54, 1.807) is 63.0 Å². The van der Waals surface area contributed by atoms with E-state index in [4.69, 9.17) is 24.2 Å². The van der Waals surface area contributed by atoms with Crippen LogP contribution < -0.4 is 15.4 Å². The van der Waals surface area contributed by atoms with Crippen molar-refractivity contribution in [2.24, 2.45) is 5.41 Å². The molecule has 12 heteroatoms. The van der Waals surface area contributed by atoms with Gasteiger partial charge in [-0.2, -0.15) is 0 Å². The second-order valence-electron chi connectivity index (χ2n) is 10.2. The van der Waals surface area contributed by atoms with E-state index >= 15 is 0 Å². The highest BCUT2D eigenvalue weighted by Gasteiger charge is 2.41. The predicted molar refractivity (Wildman–Crippen MR) is 157 cm³/mol. The van der Waals surface area contributed by atoms with Crippen molar-refractivity contribution in [2.75, 3.05) is 31.0 Å². The number of halogens is 1. The number of benzene rings is 2. The van der Waals surface area contributed by atoms with Gasteiger partial charge < -0.3 is 29.8 Å². The van der Waals surface area contributed by atoms with Crippen LogP contribution in [0.15, 0.2) is 85.3 Å². The van der Waals surface area contributed by atoms with Gasteiger partial charge in [-0.3, -0.25) is 9.78 Å². The van der Waals surface area contributed by atoms with Crippen molar-refractivity contribution in [3.8, 4) is 28.4 Å². The number of amides is 1. The van der Waals surface area contributed by atoms with E-state index in [1.807, 2.05) is 24.3 Å². The third-order valence-electron chi connectivity index (χ3n) is 6.87. The molecule has 2 aromatic carbocycles. The van der Waals surface area contributed by atoms with Crippen molar-refractivity contribution in [1.29, 1.82) is 0 Å². The number of ether oxygens (including phenoxy) is 3. The van der Waals surface area contributed by atoms with Crippen LogP contribution in [0.4, 0.5) is 21.7 Å². The number of nitrogens with zero attached hydrogens (tertiary/aromatic N) is 4. The molecule has 1 aliphatic heterocycles. The maximum atomic E-state index is 13.8. The normalized spacial score (nSPS) is 18.2. The number of pyridine rings is 1. The van der Waals surface area contributed by atoms with Gasteiger partial charge in [0.25, 0.3) is 0 Å². The summed E-state index contributed by atoms with van der Waals surface area (Å²) in [6.07, 6.45) is 3.95. The molecule has 6 rings (SSSR count). The molecule has 0 bridgehead atoms. The Hall–Kier alpha value is -5.20. The molecule has 0 spiro atoms. The van der Waals surface area contributed by atoms with Crippen molar-refractivity contribution in [2.45, 2.75) is 13.2 Å². The van der Waals surface area contributed by atoms with E-state index in [1.165, 1.54) is 12.1 Å². The molecule has 0 radical (unpaired) electrons. The highest BCUT2D eigenvalue weighted by molar-refractivity contribution is 5.95. The van der Waals surface area contributed by atoms with Crippen LogP contribution in [0, 0.1) is 11.2 Å². The second-order valence-corrected chi connectivity index (χ2v) is 10.2. The average molecular weight is 582 g/mol. The average Bonchev–Trinajstić information content (AvgIpc) is 3.48. The second kappa shape index (κ2) is 12.0. The van der Waals surface area contributed by atoms with Crippen molar-refractivity contribution < 1.29 is 23.4 Å². The van der Waals surface area contributed by atoms with Crippen LogP contribution in [0.1, 0.15) is 19.0 Å². The lowest BCUT2D eigenvalue weighted by Gasteiger charge is -2.35. The number of carbonyl (C=O) groups is 1. The summed E-state index contributed by atoms with van der Waals surface area (Å²) in [6, 6.07) is 18.6. The first-order valence-electron chi connectivity index (χ1n) is 13.5. The number of nitrogens with one attached hydrogen (secondary N) is 3. The van der Waals surface area contributed by atoms with E-state index < -0.39 is 11.7 Å². The minimum absolute atomic E-state index is 0.0911. The van der Waals surface area contributed by atoms with Gasteiger partial charge >= 0.3 is 0 Å². The molecule has 4 heterocycles. The van der Waals surface area contributed by atoms with E-state index in [2.05, 4.69) is 25.6 Å². The molecule has 3 N–H and O–H groups in total. The number of rotatable bonds is 8. The zero-order chi connectivity index (χ0) is 29.8. The molecule has 5 aromatic rings. The highest BCUT2D eigenvalue weighted by atomic mass is 19.1. The van der Waals surface area contributed by atoms with Crippen LogP contribution in [0.25, 0.3) is 22.6 Å². The van der Waals surface area contributed by atoms with Gasteiger partial charge in [-0.25, -0.2) is 19.3 Å². The van der Waals surface area contributed by atoms with Crippen LogP contribution in [0.3, 0.4) is 0 Å². The van der Waals surface area contributed by atoms with Gasteiger partial charge in [0.2, 0.25) is 18.1 Å². The molecule has 1 saturated heterocycles. The number of anilines is 3. The van der Waals surface area contributed by atoms with Gasteiger partial charge in [0.15, 0.2) is 5.82 Å². The van der Waals surface area contributed by atoms with Crippen molar-refractivity contribution >= 4 is 23.2 Å². The zero-order valence-electron chi connectivity index (χ0n) is 23.4. The van der Waals surface area contributed by atoms with Crippen LogP contribution in [0.5, 0.6) is 5.75 Å². The van der Waals surface area contributed by atoms with Gasteiger partial charge in [0, 0.05) is 29.7 Å². The highest BCUT2D eigenvalue weighted by Crippen LogP contribution is 2.36. The Labute approximate surface area is 246 Å². The number of hydrogen-bond donors (Lipinski definition) is 3. The number of hydrogen-bond acceptors (Lipinski definition) is 9. The van der Waals surface area contributed by atoms with Crippen LogP contribution in [-0.4, -0.2) is 51.2 Å². The standard InChI is InChI=1S/C31H28FN7O4/c1-31(29(40)35-22-6-4-13-33-16-22)17-42-28(43-18-31)27-38-25(19-8-10-20(32)11-9-19)26(39-27)24-12-14-34-30(37-24)36-21-5-3-7-23(15-21)41-2/h3-16,28H,17-18H2,1-2H3,(H,35,40)(H,38,39)(H,34,36,37). The van der Waals surface area contributed by atoms with Gasteiger partial charge in [-0.05, 0) is 61.5 Å². The summed E-state index contributed by atoms with van der Waals surface area (Å²) in [5.41, 5.74) is 2.69. The minimum Gasteiger partial charge on any atom is -0.497 e. The van der Waals surface area contributed by atoms with Gasteiger partial charge in [0.1, 0.15) is 11.6 Å². The van der Waals surface area contributed by atoms with Gasteiger partial charge in [0.05, 0.1) is 54.7 Å². The third kappa shape index (κ3) is 6.20. The molecule has 43 heavy (non-hydrogen) atoms. The maximum Gasteiger partial charge on any atom is 0.235 e. The van der Waals surface area contributed by atoms with E-state index in [-0.39, 0.29) is 24.9 Å². The summed E-state index contributed by atoms with van der Waals surface area (Å²) >= 11 is 0. The fourth-order valence-corrected chi connectivity index (χ4v) is 4.51. The third-order valence-corrected chi connectivity index (χ3v) is 6.87. The first-order valence-corrected chi connectivity index (χ1v) is 13.5. The molecule has 0 aliphatic carbocycles. The van der Waals surface area contributed by atoms with Crippen LogP contribution in [-0.2, 0) is 14.3 Å². The lowest BCUT2D eigenvalue weighted by atomic mass is 9.91.